The van der Waals surface area contributed by atoms with E-state index in [1.54, 1.807) is 0 Å². The summed E-state index contributed by atoms with van der Waals surface area (Å²) < 4.78 is 2.28. The fourth-order valence-corrected chi connectivity index (χ4v) is 4.91. The summed E-state index contributed by atoms with van der Waals surface area (Å²) in [7, 11) is 0. The molecule has 0 aliphatic rings. The van der Waals surface area contributed by atoms with Crippen molar-refractivity contribution in [2.75, 3.05) is 0 Å². The lowest BCUT2D eigenvalue weighted by molar-refractivity contribution is 0.930. The number of pyridine rings is 1. The van der Waals surface area contributed by atoms with Gasteiger partial charge in [-0.2, -0.15) is 0 Å². The second-order valence-corrected chi connectivity index (χ2v) is 8.11. The van der Waals surface area contributed by atoms with Crippen molar-refractivity contribution in [3.05, 3.63) is 83.4 Å². The van der Waals surface area contributed by atoms with Gasteiger partial charge in [-0.1, -0.05) is 73.5 Å². The molecule has 0 aliphatic carbocycles. The molecule has 3 heteroatoms. The number of halogens is 1. The Bertz CT molecular complexity index is 1580. The van der Waals surface area contributed by atoms with E-state index < -0.39 is 0 Å². The molecule has 0 unspecified atom stereocenters. The molecule has 0 N–H and O–H groups in total. The van der Waals surface area contributed by atoms with Crippen molar-refractivity contribution in [1.29, 1.82) is 0 Å². The zero-order valence-electron chi connectivity index (χ0n) is 16.1. The molecule has 29 heavy (non-hydrogen) atoms. The van der Waals surface area contributed by atoms with E-state index in [1.807, 2.05) is 12.1 Å². The highest BCUT2D eigenvalue weighted by atomic mass is 35.5. The molecule has 0 bridgehead atoms. The van der Waals surface area contributed by atoms with E-state index in [0.717, 1.165) is 40.1 Å². The Morgan fingerprint density at radius 3 is 2.59 bits per heavy atom. The molecule has 0 saturated heterocycles. The van der Waals surface area contributed by atoms with Crippen molar-refractivity contribution in [3.8, 4) is 0 Å². The fraction of sp³-hybridized carbons (Fsp3) is 0.115. The molecule has 0 saturated carbocycles. The fourth-order valence-electron chi connectivity index (χ4n) is 4.74. The van der Waals surface area contributed by atoms with E-state index in [9.17, 15) is 0 Å². The standard InChI is InChI=1S/C26H19ClN2/c1-2-6-16-7-5-8-17-11-13-20-19-14-12-18(27)15-23(19)29-22-10-4-3-9-21(22)28-26(29)25(20)24(16)17/h3-5,7-15H,2,6H2,1H3. The van der Waals surface area contributed by atoms with Gasteiger partial charge in [-0.15, -0.1) is 0 Å². The van der Waals surface area contributed by atoms with E-state index >= 15 is 0 Å². The second kappa shape index (κ2) is 6.20. The Balaban J connectivity index is 2.00. The largest absolute Gasteiger partial charge is 0.292 e. The van der Waals surface area contributed by atoms with Gasteiger partial charge in [0.15, 0.2) is 0 Å². The number of benzene rings is 4. The highest BCUT2D eigenvalue weighted by Gasteiger charge is 2.17. The first kappa shape index (κ1) is 16.8. The van der Waals surface area contributed by atoms with Crippen LogP contribution in [0.25, 0.3) is 49.1 Å². The van der Waals surface area contributed by atoms with Gasteiger partial charge >= 0.3 is 0 Å². The molecule has 0 fully saturated rings. The van der Waals surface area contributed by atoms with Crippen LogP contribution in [0.5, 0.6) is 0 Å². The minimum absolute atomic E-state index is 0.739. The molecule has 2 heterocycles. The zero-order valence-corrected chi connectivity index (χ0v) is 16.9. The number of imidazole rings is 1. The molecular weight excluding hydrogens is 376 g/mol. The van der Waals surface area contributed by atoms with Crippen LogP contribution in [0.3, 0.4) is 0 Å². The van der Waals surface area contributed by atoms with Gasteiger partial charge in [-0.25, -0.2) is 4.98 Å². The molecule has 0 amide bonds. The summed E-state index contributed by atoms with van der Waals surface area (Å²) in [5, 5.41) is 7.00. The number of rotatable bonds is 2. The summed E-state index contributed by atoms with van der Waals surface area (Å²) >= 11 is 6.42. The molecule has 0 spiro atoms. The third kappa shape index (κ3) is 2.33. The molecule has 0 aliphatic heterocycles. The maximum absolute atomic E-state index is 6.42. The Labute approximate surface area is 173 Å². The topological polar surface area (TPSA) is 17.3 Å². The molecule has 0 atom stereocenters. The van der Waals surface area contributed by atoms with Crippen molar-refractivity contribution >= 4 is 60.7 Å². The Morgan fingerprint density at radius 2 is 1.69 bits per heavy atom. The average molecular weight is 395 g/mol. The van der Waals surface area contributed by atoms with Crippen molar-refractivity contribution in [2.45, 2.75) is 19.8 Å². The van der Waals surface area contributed by atoms with Gasteiger partial charge in [0, 0.05) is 15.8 Å². The lowest BCUT2D eigenvalue weighted by Crippen LogP contribution is -1.94. The summed E-state index contributed by atoms with van der Waals surface area (Å²) in [6.07, 6.45) is 2.17. The van der Waals surface area contributed by atoms with E-state index in [1.165, 1.54) is 32.5 Å². The van der Waals surface area contributed by atoms with Gasteiger partial charge in [-0.05, 0) is 52.4 Å². The van der Waals surface area contributed by atoms with Crippen LogP contribution in [-0.2, 0) is 6.42 Å². The number of aryl methyl sites for hydroxylation is 1. The van der Waals surface area contributed by atoms with E-state index in [-0.39, 0.29) is 0 Å². The monoisotopic (exact) mass is 394 g/mol. The van der Waals surface area contributed by atoms with Crippen molar-refractivity contribution in [3.63, 3.8) is 0 Å². The lowest BCUT2D eigenvalue weighted by atomic mass is 9.94. The van der Waals surface area contributed by atoms with E-state index in [4.69, 9.17) is 16.6 Å². The third-order valence-electron chi connectivity index (χ3n) is 5.93. The van der Waals surface area contributed by atoms with Crippen LogP contribution in [0.1, 0.15) is 18.9 Å². The van der Waals surface area contributed by atoms with Crippen LogP contribution in [0.4, 0.5) is 0 Å². The van der Waals surface area contributed by atoms with Crippen LogP contribution < -0.4 is 0 Å². The predicted molar refractivity (Wildman–Crippen MR) is 124 cm³/mol. The highest BCUT2D eigenvalue weighted by molar-refractivity contribution is 6.32. The number of fused-ring (bicyclic) bond motifs is 10. The highest BCUT2D eigenvalue weighted by Crippen LogP contribution is 2.38. The first-order valence-corrected chi connectivity index (χ1v) is 10.5. The SMILES string of the molecule is CCCc1cccc2ccc3c4ccc(Cl)cc4n4c5ccccc5nc4c3c12. The Kier molecular flexibility index (Phi) is 3.60. The van der Waals surface area contributed by atoms with Crippen molar-refractivity contribution in [2.24, 2.45) is 0 Å². The zero-order chi connectivity index (χ0) is 19.5. The van der Waals surface area contributed by atoms with Crippen LogP contribution in [0.2, 0.25) is 5.02 Å². The number of hydrogen-bond acceptors (Lipinski definition) is 1. The van der Waals surface area contributed by atoms with Crippen molar-refractivity contribution < 1.29 is 0 Å². The van der Waals surface area contributed by atoms with Gasteiger partial charge in [0.25, 0.3) is 0 Å². The first-order valence-electron chi connectivity index (χ1n) is 10.1. The summed E-state index contributed by atoms with van der Waals surface area (Å²) in [6, 6.07) is 25.6. The molecule has 140 valence electrons. The number of hydrogen-bond donors (Lipinski definition) is 0. The summed E-state index contributed by atoms with van der Waals surface area (Å²) in [4.78, 5) is 5.09. The maximum Gasteiger partial charge on any atom is 0.147 e. The van der Waals surface area contributed by atoms with Crippen LogP contribution in [-0.4, -0.2) is 9.38 Å². The third-order valence-corrected chi connectivity index (χ3v) is 6.16. The second-order valence-electron chi connectivity index (χ2n) is 7.67. The van der Waals surface area contributed by atoms with Gasteiger partial charge in [-0.3, -0.25) is 4.40 Å². The summed E-state index contributed by atoms with van der Waals surface area (Å²) in [5.74, 6) is 0. The Morgan fingerprint density at radius 1 is 0.828 bits per heavy atom. The van der Waals surface area contributed by atoms with Gasteiger partial charge in [0.2, 0.25) is 0 Å². The first-order chi connectivity index (χ1) is 14.3. The molecule has 2 aromatic heterocycles. The quantitative estimate of drug-likeness (QED) is 0.277. The molecule has 2 nitrogen and oxygen atoms in total. The summed E-state index contributed by atoms with van der Waals surface area (Å²) in [6.45, 7) is 2.24. The van der Waals surface area contributed by atoms with Crippen LogP contribution >= 0.6 is 11.6 Å². The molecule has 0 radical (unpaired) electrons. The van der Waals surface area contributed by atoms with Crippen molar-refractivity contribution in [1.82, 2.24) is 9.38 Å². The number of nitrogens with zero attached hydrogens (tertiary/aromatic N) is 2. The molecule has 6 aromatic rings. The minimum atomic E-state index is 0.739. The van der Waals surface area contributed by atoms with Crippen LogP contribution in [0.15, 0.2) is 72.8 Å². The lowest BCUT2D eigenvalue weighted by Gasteiger charge is -2.14. The van der Waals surface area contributed by atoms with Gasteiger partial charge < -0.3 is 0 Å². The predicted octanol–water partition coefficient (Wildman–Crippen LogP) is 7.55. The minimum Gasteiger partial charge on any atom is -0.292 e. The molecule has 4 aromatic carbocycles. The number of para-hydroxylation sites is 2. The number of aromatic nitrogens is 2. The van der Waals surface area contributed by atoms with Gasteiger partial charge in [0.05, 0.1) is 16.6 Å². The molecular formula is C26H19ClN2. The maximum atomic E-state index is 6.42. The van der Waals surface area contributed by atoms with E-state index in [2.05, 4.69) is 72.0 Å². The average Bonchev–Trinajstić information content (AvgIpc) is 3.13. The van der Waals surface area contributed by atoms with E-state index in [0.29, 0.717) is 0 Å². The normalized spacial score (nSPS) is 12.1. The van der Waals surface area contributed by atoms with Gasteiger partial charge in [0.1, 0.15) is 5.65 Å². The smallest absolute Gasteiger partial charge is 0.147 e. The van der Waals surface area contributed by atoms with Crippen LogP contribution in [0, 0.1) is 0 Å². The Hall–Kier alpha value is -3.10. The summed E-state index contributed by atoms with van der Waals surface area (Å²) in [5.41, 5.74) is 5.61. The molecule has 6 rings (SSSR count).